The molecule has 0 N–H and O–H groups in total. The largest absolute Gasteiger partial charge is 0.353 e. The maximum absolute atomic E-state index is 13.1. The summed E-state index contributed by atoms with van der Waals surface area (Å²) in [5.74, 6) is 2.70. The first kappa shape index (κ1) is 20.7. The molecule has 2 heterocycles. The molecule has 0 spiro atoms. The number of aromatic nitrogens is 2. The van der Waals surface area contributed by atoms with Crippen molar-refractivity contribution in [3.63, 3.8) is 0 Å². The monoisotopic (exact) mass is 426 g/mol. The van der Waals surface area contributed by atoms with E-state index in [4.69, 9.17) is 4.98 Å². The SMILES string of the molecule is Cc1nc(C)c(Cc2ccccc2)c(N2CCN(C(=O)C3CC3c3ccccc3)CC2)n1. The smallest absolute Gasteiger partial charge is 0.226 e. The summed E-state index contributed by atoms with van der Waals surface area (Å²) >= 11 is 0. The third-order valence-electron chi connectivity index (χ3n) is 6.75. The number of carbonyl (C=O) groups is 1. The Kier molecular flexibility index (Phi) is 5.64. The average Bonchev–Trinajstić information content (AvgIpc) is 3.63. The van der Waals surface area contributed by atoms with Crippen LogP contribution in [0.4, 0.5) is 5.82 Å². The fourth-order valence-corrected chi connectivity index (χ4v) is 4.90. The molecule has 3 aromatic rings. The minimum absolute atomic E-state index is 0.154. The predicted octanol–water partition coefficient (Wildman–Crippen LogP) is 4.14. The molecule has 1 aromatic heterocycles. The molecule has 1 saturated heterocycles. The molecule has 2 unspecified atom stereocenters. The van der Waals surface area contributed by atoms with Crippen LogP contribution in [-0.4, -0.2) is 47.0 Å². The minimum atomic E-state index is 0.154. The van der Waals surface area contributed by atoms with E-state index in [0.29, 0.717) is 11.8 Å². The first-order valence-corrected chi connectivity index (χ1v) is 11.6. The second-order valence-corrected chi connectivity index (χ2v) is 8.99. The lowest BCUT2D eigenvalue weighted by atomic mass is 10.0. The molecule has 5 heteroatoms. The van der Waals surface area contributed by atoms with Crippen molar-refractivity contribution < 1.29 is 4.79 Å². The molecule has 1 aliphatic carbocycles. The Morgan fingerprint density at radius 3 is 2.25 bits per heavy atom. The molecule has 32 heavy (non-hydrogen) atoms. The summed E-state index contributed by atoms with van der Waals surface area (Å²) in [6.45, 7) is 7.16. The predicted molar refractivity (Wildman–Crippen MR) is 127 cm³/mol. The summed E-state index contributed by atoms with van der Waals surface area (Å²) in [4.78, 5) is 27.0. The van der Waals surface area contributed by atoms with E-state index in [-0.39, 0.29) is 5.92 Å². The Hall–Kier alpha value is -3.21. The molecule has 1 saturated carbocycles. The van der Waals surface area contributed by atoms with Crippen LogP contribution in [0.5, 0.6) is 0 Å². The molecule has 0 bridgehead atoms. The van der Waals surface area contributed by atoms with Gasteiger partial charge in [-0.3, -0.25) is 4.79 Å². The summed E-state index contributed by atoms with van der Waals surface area (Å²) in [5, 5.41) is 0. The summed E-state index contributed by atoms with van der Waals surface area (Å²) in [5.41, 5.74) is 4.78. The van der Waals surface area contributed by atoms with Crippen molar-refractivity contribution in [1.29, 1.82) is 0 Å². The van der Waals surface area contributed by atoms with E-state index >= 15 is 0 Å². The fourth-order valence-electron chi connectivity index (χ4n) is 4.90. The molecular formula is C27H30N4O. The third kappa shape index (κ3) is 4.24. The first-order valence-electron chi connectivity index (χ1n) is 11.6. The number of hydrogen-bond donors (Lipinski definition) is 0. The number of carbonyl (C=O) groups excluding carboxylic acids is 1. The van der Waals surface area contributed by atoms with Crippen LogP contribution in [0.25, 0.3) is 0 Å². The number of benzene rings is 2. The van der Waals surface area contributed by atoms with Gasteiger partial charge >= 0.3 is 0 Å². The van der Waals surface area contributed by atoms with Crippen LogP contribution >= 0.6 is 0 Å². The van der Waals surface area contributed by atoms with Gasteiger partial charge in [-0.25, -0.2) is 9.97 Å². The van der Waals surface area contributed by atoms with Gasteiger partial charge in [-0.05, 0) is 37.3 Å². The van der Waals surface area contributed by atoms with Crippen LogP contribution in [0, 0.1) is 19.8 Å². The second kappa shape index (κ2) is 8.73. The van der Waals surface area contributed by atoms with Crippen molar-refractivity contribution in [3.8, 4) is 0 Å². The van der Waals surface area contributed by atoms with Crippen molar-refractivity contribution in [3.05, 3.63) is 88.9 Å². The Morgan fingerprint density at radius 1 is 0.906 bits per heavy atom. The number of rotatable bonds is 5. The number of hydrogen-bond acceptors (Lipinski definition) is 4. The highest BCUT2D eigenvalue weighted by atomic mass is 16.2. The third-order valence-corrected chi connectivity index (χ3v) is 6.75. The van der Waals surface area contributed by atoms with E-state index in [1.54, 1.807) is 0 Å². The van der Waals surface area contributed by atoms with Crippen molar-refractivity contribution in [2.75, 3.05) is 31.1 Å². The topological polar surface area (TPSA) is 49.3 Å². The number of anilines is 1. The second-order valence-electron chi connectivity index (χ2n) is 8.99. The van der Waals surface area contributed by atoms with E-state index in [1.807, 2.05) is 19.1 Å². The van der Waals surface area contributed by atoms with Gasteiger partial charge in [0.2, 0.25) is 5.91 Å². The molecule has 5 rings (SSSR count). The van der Waals surface area contributed by atoms with Gasteiger partial charge in [-0.2, -0.15) is 0 Å². The zero-order valence-electron chi connectivity index (χ0n) is 18.9. The van der Waals surface area contributed by atoms with Crippen molar-refractivity contribution in [2.24, 2.45) is 5.92 Å². The quantitative estimate of drug-likeness (QED) is 0.615. The molecule has 5 nitrogen and oxygen atoms in total. The molecular weight excluding hydrogens is 396 g/mol. The van der Waals surface area contributed by atoms with Crippen molar-refractivity contribution in [2.45, 2.75) is 32.6 Å². The molecule has 2 atom stereocenters. The maximum atomic E-state index is 13.1. The lowest BCUT2D eigenvalue weighted by Crippen LogP contribution is -2.50. The van der Waals surface area contributed by atoms with Crippen molar-refractivity contribution >= 4 is 11.7 Å². The Bertz CT molecular complexity index is 1090. The molecule has 2 aromatic carbocycles. The van der Waals surface area contributed by atoms with E-state index in [2.05, 4.69) is 70.2 Å². The summed E-state index contributed by atoms with van der Waals surface area (Å²) < 4.78 is 0. The summed E-state index contributed by atoms with van der Waals surface area (Å²) in [6, 6.07) is 20.9. The van der Waals surface area contributed by atoms with Crippen LogP contribution in [0.3, 0.4) is 0 Å². The van der Waals surface area contributed by atoms with Crippen LogP contribution in [0.2, 0.25) is 0 Å². The summed E-state index contributed by atoms with van der Waals surface area (Å²) in [6.07, 6.45) is 1.80. The Morgan fingerprint density at radius 2 is 1.56 bits per heavy atom. The standard InChI is InChI=1S/C27H30N4O/c1-19-23(17-21-9-5-3-6-10-21)26(29-20(2)28-19)30-13-15-31(16-14-30)27(32)25-18-24(25)22-11-7-4-8-12-22/h3-12,24-25H,13-18H2,1-2H3. The van der Waals surface area contributed by atoms with Gasteiger partial charge in [0.05, 0.1) is 0 Å². The molecule has 1 amide bonds. The highest BCUT2D eigenvalue weighted by Gasteiger charge is 2.46. The van der Waals surface area contributed by atoms with Crippen LogP contribution < -0.4 is 4.90 Å². The zero-order valence-corrected chi connectivity index (χ0v) is 18.9. The van der Waals surface area contributed by atoms with E-state index in [1.165, 1.54) is 16.7 Å². The van der Waals surface area contributed by atoms with Gasteiger partial charge in [0.1, 0.15) is 11.6 Å². The van der Waals surface area contributed by atoms with Gasteiger partial charge in [0, 0.05) is 49.8 Å². The van der Waals surface area contributed by atoms with Crippen LogP contribution in [0.15, 0.2) is 60.7 Å². The van der Waals surface area contributed by atoms with Crippen LogP contribution in [-0.2, 0) is 11.2 Å². The highest BCUT2D eigenvalue weighted by Crippen LogP contribution is 2.48. The zero-order chi connectivity index (χ0) is 22.1. The van der Waals surface area contributed by atoms with Gasteiger partial charge in [0.25, 0.3) is 0 Å². The maximum Gasteiger partial charge on any atom is 0.226 e. The molecule has 0 radical (unpaired) electrons. The number of amides is 1. The Balaban J connectivity index is 1.27. The normalized spacial score (nSPS) is 20.3. The first-order chi connectivity index (χ1) is 15.6. The molecule has 164 valence electrons. The van der Waals surface area contributed by atoms with E-state index < -0.39 is 0 Å². The number of aryl methyl sites for hydroxylation is 2. The van der Waals surface area contributed by atoms with Crippen LogP contribution in [0.1, 0.15) is 40.5 Å². The van der Waals surface area contributed by atoms with Gasteiger partial charge in [0.15, 0.2) is 0 Å². The van der Waals surface area contributed by atoms with Gasteiger partial charge in [-0.15, -0.1) is 0 Å². The molecule has 2 fully saturated rings. The number of piperazine rings is 1. The lowest BCUT2D eigenvalue weighted by Gasteiger charge is -2.36. The average molecular weight is 427 g/mol. The van der Waals surface area contributed by atoms with Crippen molar-refractivity contribution in [1.82, 2.24) is 14.9 Å². The van der Waals surface area contributed by atoms with Gasteiger partial charge in [-0.1, -0.05) is 60.7 Å². The summed E-state index contributed by atoms with van der Waals surface area (Å²) in [7, 11) is 0. The van der Waals surface area contributed by atoms with Gasteiger partial charge < -0.3 is 9.80 Å². The molecule has 1 aliphatic heterocycles. The Labute approximate surface area is 190 Å². The van der Waals surface area contributed by atoms with E-state index in [9.17, 15) is 4.79 Å². The minimum Gasteiger partial charge on any atom is -0.353 e. The van der Waals surface area contributed by atoms with E-state index in [0.717, 1.165) is 56.4 Å². The fraction of sp³-hybridized carbons (Fsp3) is 0.370. The molecule has 2 aliphatic rings. The lowest BCUT2D eigenvalue weighted by molar-refractivity contribution is -0.133. The highest BCUT2D eigenvalue weighted by molar-refractivity contribution is 5.83. The number of nitrogens with zero attached hydrogens (tertiary/aromatic N) is 4.